The van der Waals surface area contributed by atoms with Crippen LogP contribution in [0.1, 0.15) is 63.4 Å². The van der Waals surface area contributed by atoms with Gasteiger partial charge in [0.05, 0.1) is 11.7 Å². The molecule has 37 heavy (non-hydrogen) atoms. The zero-order valence-electron chi connectivity index (χ0n) is 21.8. The highest BCUT2D eigenvalue weighted by atomic mass is 32.2. The van der Waals surface area contributed by atoms with Gasteiger partial charge in [0.15, 0.2) is 5.03 Å². The minimum atomic E-state index is -3.93. The Kier molecular flexibility index (Phi) is 9.39. The van der Waals surface area contributed by atoms with Gasteiger partial charge in [-0.05, 0) is 59.6 Å². The predicted molar refractivity (Wildman–Crippen MR) is 145 cm³/mol. The number of hydrogen-bond acceptors (Lipinski definition) is 6. The summed E-state index contributed by atoms with van der Waals surface area (Å²) in [5, 5.41) is 11.6. The van der Waals surface area contributed by atoms with E-state index in [1.165, 1.54) is 17.8 Å². The van der Waals surface area contributed by atoms with Crippen molar-refractivity contribution >= 4 is 21.8 Å². The number of aromatic nitrogens is 2. The highest BCUT2D eigenvalue weighted by molar-refractivity contribution is 7.89. The second kappa shape index (κ2) is 12.3. The van der Waals surface area contributed by atoms with Crippen LogP contribution in [0.2, 0.25) is 0 Å². The van der Waals surface area contributed by atoms with Gasteiger partial charge in [-0.15, -0.1) is 0 Å². The number of nitrogens with one attached hydrogen (secondary N) is 2. The van der Waals surface area contributed by atoms with Gasteiger partial charge in [0.25, 0.3) is 10.0 Å². The van der Waals surface area contributed by atoms with Gasteiger partial charge in [0.1, 0.15) is 12.4 Å². The number of hydrogen-bond donors (Lipinski definition) is 3. The van der Waals surface area contributed by atoms with Gasteiger partial charge < -0.3 is 10.4 Å². The molecule has 0 aliphatic rings. The summed E-state index contributed by atoms with van der Waals surface area (Å²) in [6.45, 7) is 8.65. The summed E-state index contributed by atoms with van der Waals surface area (Å²) >= 11 is 0. The first-order valence-corrected chi connectivity index (χ1v) is 13.9. The Morgan fingerprint density at radius 2 is 1.76 bits per heavy atom. The molecule has 0 bridgehead atoms. The quantitative estimate of drug-likeness (QED) is 0.289. The van der Waals surface area contributed by atoms with Crippen molar-refractivity contribution in [3.63, 3.8) is 0 Å². The standard InChI is InChI=1S/C28H36N4O4S/c1-20(2)15-16-28(3,4)22-13-11-21(12-14-22)18-24(32-37(35,36)26-10-5-6-17-29-26)23-8-7-9-25(31-23)30-19-27(33)34/h5-14,17,20,24,32H,15-16,18-19H2,1-4H3,(H,30,31)(H,33,34). The number of carboxylic acids is 1. The lowest BCUT2D eigenvalue weighted by Gasteiger charge is -2.27. The van der Waals surface area contributed by atoms with Gasteiger partial charge in [-0.3, -0.25) is 4.79 Å². The number of benzene rings is 1. The fraction of sp³-hybridized carbons (Fsp3) is 0.393. The maximum Gasteiger partial charge on any atom is 0.322 e. The molecule has 9 heteroatoms. The van der Waals surface area contributed by atoms with E-state index in [-0.39, 0.29) is 17.0 Å². The summed E-state index contributed by atoms with van der Waals surface area (Å²) in [6.07, 6.45) is 4.01. The average Bonchev–Trinajstić information content (AvgIpc) is 2.87. The van der Waals surface area contributed by atoms with Gasteiger partial charge in [-0.25, -0.2) is 23.1 Å². The zero-order valence-corrected chi connectivity index (χ0v) is 22.6. The molecular formula is C28H36N4O4S. The number of sulfonamides is 1. The number of anilines is 1. The molecule has 3 aromatic rings. The molecule has 0 fully saturated rings. The first-order valence-electron chi connectivity index (χ1n) is 12.4. The van der Waals surface area contributed by atoms with E-state index in [0.29, 0.717) is 23.9 Å². The number of aliphatic carboxylic acids is 1. The van der Waals surface area contributed by atoms with E-state index in [2.05, 4.69) is 59.8 Å². The van der Waals surface area contributed by atoms with E-state index in [9.17, 15) is 13.2 Å². The smallest absolute Gasteiger partial charge is 0.322 e. The molecular weight excluding hydrogens is 488 g/mol. The Morgan fingerprint density at radius 1 is 1.03 bits per heavy atom. The van der Waals surface area contributed by atoms with Crippen LogP contribution in [0.15, 0.2) is 71.9 Å². The third-order valence-electron chi connectivity index (χ3n) is 6.28. The predicted octanol–water partition coefficient (Wildman–Crippen LogP) is 4.95. The number of pyridine rings is 2. The highest BCUT2D eigenvalue weighted by Gasteiger charge is 2.25. The normalized spacial score (nSPS) is 12.9. The Bertz CT molecular complexity index is 1280. The first kappa shape index (κ1) is 28.3. The molecule has 198 valence electrons. The van der Waals surface area contributed by atoms with E-state index in [0.717, 1.165) is 18.4 Å². The lowest BCUT2D eigenvalue weighted by molar-refractivity contribution is -0.134. The van der Waals surface area contributed by atoms with Gasteiger partial charge in [-0.2, -0.15) is 0 Å². The maximum absolute atomic E-state index is 13.1. The van der Waals surface area contributed by atoms with Crippen LogP contribution in [-0.2, 0) is 26.7 Å². The molecule has 0 amide bonds. The second-order valence-corrected chi connectivity index (χ2v) is 11.9. The molecule has 1 atom stereocenters. The molecule has 0 saturated heterocycles. The van der Waals surface area contributed by atoms with Crippen molar-refractivity contribution in [2.45, 2.75) is 63.4 Å². The monoisotopic (exact) mass is 524 g/mol. The van der Waals surface area contributed by atoms with Crippen molar-refractivity contribution in [2.24, 2.45) is 5.92 Å². The fourth-order valence-electron chi connectivity index (χ4n) is 3.99. The SMILES string of the molecule is CC(C)CCC(C)(C)c1ccc(CC(NS(=O)(=O)c2ccccn2)c2cccc(NCC(=O)O)n2)cc1. The third kappa shape index (κ3) is 8.36. The van der Waals surface area contributed by atoms with Crippen molar-refractivity contribution in [1.29, 1.82) is 0 Å². The van der Waals surface area contributed by atoms with E-state index in [1.807, 2.05) is 12.1 Å². The van der Waals surface area contributed by atoms with Crippen molar-refractivity contribution in [3.8, 4) is 0 Å². The maximum atomic E-state index is 13.1. The molecule has 3 rings (SSSR count). The van der Waals surface area contributed by atoms with Crippen molar-refractivity contribution < 1.29 is 18.3 Å². The Balaban J connectivity index is 1.88. The Morgan fingerprint density at radius 3 is 2.38 bits per heavy atom. The number of carboxylic acid groups (broad SMARTS) is 1. The van der Waals surface area contributed by atoms with Crippen molar-refractivity contribution in [2.75, 3.05) is 11.9 Å². The minimum absolute atomic E-state index is 0.0362. The molecule has 1 unspecified atom stereocenters. The van der Waals surface area contributed by atoms with Crippen LogP contribution in [0.5, 0.6) is 0 Å². The van der Waals surface area contributed by atoms with Gasteiger partial charge >= 0.3 is 5.97 Å². The van der Waals surface area contributed by atoms with Gasteiger partial charge in [-0.1, -0.05) is 70.5 Å². The summed E-state index contributed by atoms with van der Waals surface area (Å²) in [6, 6.07) is 17.4. The second-order valence-electron chi connectivity index (χ2n) is 10.3. The summed E-state index contributed by atoms with van der Waals surface area (Å²) < 4.78 is 29.0. The van der Waals surface area contributed by atoms with Crippen LogP contribution < -0.4 is 10.0 Å². The Hall–Kier alpha value is -3.30. The molecule has 0 aliphatic heterocycles. The number of nitrogens with zero attached hydrogens (tertiary/aromatic N) is 2. The zero-order chi connectivity index (χ0) is 27.1. The van der Waals surface area contributed by atoms with Crippen LogP contribution in [0, 0.1) is 5.92 Å². The van der Waals surface area contributed by atoms with Crippen LogP contribution in [-0.4, -0.2) is 36.0 Å². The summed E-state index contributed by atoms with van der Waals surface area (Å²) in [7, 11) is -3.93. The largest absolute Gasteiger partial charge is 0.480 e. The third-order valence-corrected chi connectivity index (χ3v) is 7.67. The Labute approximate surface area is 219 Å². The van der Waals surface area contributed by atoms with E-state index >= 15 is 0 Å². The van der Waals surface area contributed by atoms with E-state index in [4.69, 9.17) is 5.11 Å². The highest BCUT2D eigenvalue weighted by Crippen LogP contribution is 2.31. The lowest BCUT2D eigenvalue weighted by atomic mass is 9.79. The van der Waals surface area contributed by atoms with Crippen LogP contribution >= 0.6 is 0 Å². The van der Waals surface area contributed by atoms with Crippen LogP contribution in [0.4, 0.5) is 5.82 Å². The summed E-state index contributed by atoms with van der Waals surface area (Å²) in [5.74, 6) is -0.0279. The molecule has 0 spiro atoms. The molecule has 0 aliphatic carbocycles. The van der Waals surface area contributed by atoms with Gasteiger partial charge in [0, 0.05) is 6.20 Å². The molecule has 3 N–H and O–H groups in total. The molecule has 8 nitrogen and oxygen atoms in total. The average molecular weight is 525 g/mol. The number of carbonyl (C=O) groups is 1. The minimum Gasteiger partial charge on any atom is -0.480 e. The van der Waals surface area contributed by atoms with Crippen molar-refractivity contribution in [1.82, 2.24) is 14.7 Å². The molecule has 2 aromatic heterocycles. The van der Waals surface area contributed by atoms with Gasteiger partial charge in [0.2, 0.25) is 0 Å². The van der Waals surface area contributed by atoms with E-state index < -0.39 is 22.0 Å². The lowest BCUT2D eigenvalue weighted by Crippen LogP contribution is -2.31. The van der Waals surface area contributed by atoms with Crippen LogP contribution in [0.3, 0.4) is 0 Å². The molecule has 0 radical (unpaired) electrons. The summed E-state index contributed by atoms with van der Waals surface area (Å²) in [5.41, 5.74) is 2.69. The van der Waals surface area contributed by atoms with E-state index in [1.54, 1.807) is 30.3 Å². The molecule has 0 saturated carbocycles. The van der Waals surface area contributed by atoms with Crippen molar-refractivity contribution in [3.05, 3.63) is 83.7 Å². The first-order chi connectivity index (χ1) is 17.5. The fourth-order valence-corrected chi connectivity index (χ4v) is 5.15. The molecule has 1 aromatic carbocycles. The number of rotatable bonds is 13. The summed E-state index contributed by atoms with van der Waals surface area (Å²) in [4.78, 5) is 19.4. The topological polar surface area (TPSA) is 121 Å². The van der Waals surface area contributed by atoms with Crippen LogP contribution in [0.25, 0.3) is 0 Å². The molecule has 2 heterocycles.